The fraction of sp³-hybridized carbons (Fsp3) is 0.800. The van der Waals surface area contributed by atoms with Crippen LogP contribution in [0.5, 0.6) is 5.88 Å². The predicted octanol–water partition coefficient (Wildman–Crippen LogP) is 2.81. The fourth-order valence-electron chi connectivity index (χ4n) is 3.04. The summed E-state index contributed by atoms with van der Waals surface area (Å²) in [5, 5.41) is 4.89. The molecule has 4 heteroatoms. The van der Waals surface area contributed by atoms with E-state index in [4.69, 9.17) is 15.6 Å². The molecule has 2 rings (SSSR count). The largest absolute Gasteiger partial charge is 0.481 e. The SMILES string of the molecule is COc1c(CCN)c(C(C)(C)C)nn1C1CCCC1. The van der Waals surface area contributed by atoms with Gasteiger partial charge in [0.1, 0.15) is 0 Å². The zero-order chi connectivity index (χ0) is 14.0. The molecule has 2 N–H and O–H groups in total. The number of aromatic nitrogens is 2. The molecule has 0 bridgehead atoms. The molecule has 1 aromatic heterocycles. The average Bonchev–Trinajstić information content (AvgIpc) is 2.94. The van der Waals surface area contributed by atoms with Gasteiger partial charge in [0.25, 0.3) is 0 Å². The summed E-state index contributed by atoms with van der Waals surface area (Å²) in [5.41, 5.74) is 8.13. The van der Waals surface area contributed by atoms with Gasteiger partial charge in [0, 0.05) is 11.0 Å². The van der Waals surface area contributed by atoms with E-state index in [-0.39, 0.29) is 5.41 Å². The third kappa shape index (κ3) is 2.78. The first kappa shape index (κ1) is 14.4. The van der Waals surface area contributed by atoms with Crippen LogP contribution in [0.2, 0.25) is 0 Å². The molecule has 1 aliphatic carbocycles. The van der Waals surface area contributed by atoms with Gasteiger partial charge in [-0.05, 0) is 25.8 Å². The van der Waals surface area contributed by atoms with Crippen molar-refractivity contribution in [2.75, 3.05) is 13.7 Å². The van der Waals surface area contributed by atoms with Crippen molar-refractivity contribution in [3.05, 3.63) is 11.3 Å². The van der Waals surface area contributed by atoms with Crippen LogP contribution in [-0.4, -0.2) is 23.4 Å². The number of ether oxygens (including phenoxy) is 1. The van der Waals surface area contributed by atoms with Gasteiger partial charge >= 0.3 is 0 Å². The number of hydrogen-bond acceptors (Lipinski definition) is 3. The molecule has 1 aromatic rings. The topological polar surface area (TPSA) is 53.1 Å². The Bertz CT molecular complexity index is 425. The van der Waals surface area contributed by atoms with Gasteiger partial charge in [-0.25, -0.2) is 4.68 Å². The summed E-state index contributed by atoms with van der Waals surface area (Å²) in [6.45, 7) is 7.24. The minimum Gasteiger partial charge on any atom is -0.481 e. The number of hydrogen-bond donors (Lipinski definition) is 1. The van der Waals surface area contributed by atoms with Crippen LogP contribution in [0.15, 0.2) is 0 Å². The summed E-state index contributed by atoms with van der Waals surface area (Å²) >= 11 is 0. The van der Waals surface area contributed by atoms with Crippen molar-refractivity contribution >= 4 is 0 Å². The van der Waals surface area contributed by atoms with E-state index in [2.05, 4.69) is 25.5 Å². The van der Waals surface area contributed by atoms with Crippen LogP contribution in [0.25, 0.3) is 0 Å². The van der Waals surface area contributed by atoms with Crippen molar-refractivity contribution in [3.63, 3.8) is 0 Å². The van der Waals surface area contributed by atoms with Gasteiger partial charge in [0.05, 0.1) is 18.8 Å². The second-order valence-electron chi connectivity index (χ2n) is 6.51. The van der Waals surface area contributed by atoms with Crippen LogP contribution in [0.4, 0.5) is 0 Å². The standard InChI is InChI=1S/C15H27N3O/c1-15(2,3)13-12(9-10-16)14(19-4)18(17-13)11-7-5-6-8-11/h11H,5-10,16H2,1-4H3. The van der Waals surface area contributed by atoms with Gasteiger partial charge in [0.2, 0.25) is 5.88 Å². The minimum atomic E-state index is 0.0294. The molecule has 0 atom stereocenters. The van der Waals surface area contributed by atoms with Crippen LogP contribution >= 0.6 is 0 Å². The molecule has 0 unspecified atom stereocenters. The molecule has 0 aliphatic heterocycles. The predicted molar refractivity (Wildman–Crippen MR) is 77.7 cm³/mol. The molecule has 108 valence electrons. The molecule has 0 saturated heterocycles. The number of methoxy groups -OCH3 is 1. The third-order valence-corrected chi connectivity index (χ3v) is 3.93. The smallest absolute Gasteiger partial charge is 0.215 e. The second-order valence-corrected chi connectivity index (χ2v) is 6.51. The summed E-state index contributed by atoms with van der Waals surface area (Å²) in [5.74, 6) is 0.933. The quantitative estimate of drug-likeness (QED) is 0.910. The molecule has 1 heterocycles. The Morgan fingerprint density at radius 2 is 1.95 bits per heavy atom. The summed E-state index contributed by atoms with van der Waals surface area (Å²) in [6, 6.07) is 0.502. The molecule has 0 aromatic carbocycles. The number of nitrogens with two attached hydrogens (primary N) is 1. The lowest BCUT2D eigenvalue weighted by atomic mass is 9.88. The summed E-state index contributed by atoms with van der Waals surface area (Å²) < 4.78 is 7.79. The molecular weight excluding hydrogens is 238 g/mol. The van der Waals surface area contributed by atoms with Gasteiger partial charge in [-0.3, -0.25) is 0 Å². The monoisotopic (exact) mass is 265 g/mol. The first-order valence-corrected chi connectivity index (χ1v) is 7.35. The minimum absolute atomic E-state index is 0.0294. The van der Waals surface area contributed by atoms with Crippen LogP contribution in [0.1, 0.15) is 63.8 Å². The van der Waals surface area contributed by atoms with E-state index in [1.165, 1.54) is 31.2 Å². The van der Waals surface area contributed by atoms with E-state index in [1.807, 2.05) is 0 Å². The number of nitrogens with zero attached hydrogens (tertiary/aromatic N) is 2. The normalized spacial score (nSPS) is 17.1. The lowest BCUT2D eigenvalue weighted by Gasteiger charge is -2.17. The lowest BCUT2D eigenvalue weighted by Crippen LogP contribution is -2.16. The van der Waals surface area contributed by atoms with Crippen molar-refractivity contribution in [1.29, 1.82) is 0 Å². The maximum Gasteiger partial charge on any atom is 0.215 e. The molecule has 4 nitrogen and oxygen atoms in total. The Kier molecular flexibility index (Phi) is 4.19. The Hall–Kier alpha value is -1.03. The highest BCUT2D eigenvalue weighted by atomic mass is 16.5. The summed E-state index contributed by atoms with van der Waals surface area (Å²) in [6.07, 6.45) is 5.85. The zero-order valence-corrected chi connectivity index (χ0v) is 12.7. The zero-order valence-electron chi connectivity index (χ0n) is 12.7. The molecule has 1 aliphatic rings. The highest BCUT2D eigenvalue weighted by Gasteiger charge is 2.30. The maximum atomic E-state index is 5.77. The van der Waals surface area contributed by atoms with E-state index in [0.29, 0.717) is 12.6 Å². The van der Waals surface area contributed by atoms with E-state index >= 15 is 0 Å². The van der Waals surface area contributed by atoms with E-state index in [1.54, 1.807) is 7.11 Å². The number of rotatable bonds is 4. The Morgan fingerprint density at radius 3 is 2.42 bits per heavy atom. The first-order valence-electron chi connectivity index (χ1n) is 7.35. The highest BCUT2D eigenvalue weighted by molar-refractivity contribution is 5.36. The van der Waals surface area contributed by atoms with Crippen LogP contribution in [0, 0.1) is 0 Å². The van der Waals surface area contributed by atoms with E-state index in [0.717, 1.165) is 18.0 Å². The van der Waals surface area contributed by atoms with E-state index in [9.17, 15) is 0 Å². The first-order chi connectivity index (χ1) is 8.99. The van der Waals surface area contributed by atoms with Crippen molar-refractivity contribution in [2.24, 2.45) is 5.73 Å². The molecular formula is C15H27N3O. The van der Waals surface area contributed by atoms with Gasteiger partial charge in [-0.15, -0.1) is 0 Å². The van der Waals surface area contributed by atoms with Crippen molar-refractivity contribution in [2.45, 2.75) is 64.3 Å². The van der Waals surface area contributed by atoms with Crippen molar-refractivity contribution < 1.29 is 4.74 Å². The molecule has 19 heavy (non-hydrogen) atoms. The molecule has 1 fully saturated rings. The molecule has 1 saturated carbocycles. The van der Waals surface area contributed by atoms with Crippen LogP contribution < -0.4 is 10.5 Å². The maximum absolute atomic E-state index is 5.77. The highest BCUT2D eigenvalue weighted by Crippen LogP contribution is 2.38. The molecule has 0 amide bonds. The van der Waals surface area contributed by atoms with Gasteiger partial charge < -0.3 is 10.5 Å². The van der Waals surface area contributed by atoms with Crippen molar-refractivity contribution in [3.8, 4) is 5.88 Å². The Balaban J connectivity index is 2.48. The lowest BCUT2D eigenvalue weighted by molar-refractivity contribution is 0.327. The van der Waals surface area contributed by atoms with Crippen LogP contribution in [-0.2, 0) is 11.8 Å². The molecule has 0 radical (unpaired) electrons. The Labute approximate surface area is 116 Å². The van der Waals surface area contributed by atoms with Gasteiger partial charge in [0.15, 0.2) is 0 Å². The van der Waals surface area contributed by atoms with E-state index < -0.39 is 0 Å². The van der Waals surface area contributed by atoms with Crippen LogP contribution in [0.3, 0.4) is 0 Å². The Morgan fingerprint density at radius 1 is 1.32 bits per heavy atom. The second kappa shape index (κ2) is 5.53. The van der Waals surface area contributed by atoms with Gasteiger partial charge in [-0.1, -0.05) is 33.6 Å². The van der Waals surface area contributed by atoms with Crippen molar-refractivity contribution in [1.82, 2.24) is 9.78 Å². The summed E-state index contributed by atoms with van der Waals surface area (Å²) in [4.78, 5) is 0. The van der Waals surface area contributed by atoms with Gasteiger partial charge in [-0.2, -0.15) is 5.10 Å². The summed E-state index contributed by atoms with van der Waals surface area (Å²) in [7, 11) is 1.74. The average molecular weight is 265 g/mol. The third-order valence-electron chi connectivity index (χ3n) is 3.93. The molecule has 0 spiro atoms. The fourth-order valence-corrected chi connectivity index (χ4v) is 3.04.